The Bertz CT molecular complexity index is 1480. The van der Waals surface area contributed by atoms with Crippen LogP contribution in [0.15, 0.2) is 65.8 Å². The third kappa shape index (κ3) is 9.32. The minimum Gasteiger partial charge on any atom is -0.490 e. The van der Waals surface area contributed by atoms with E-state index in [2.05, 4.69) is 47.6 Å². The fourth-order valence-electron chi connectivity index (χ4n) is 5.56. The van der Waals surface area contributed by atoms with Crippen LogP contribution in [0.25, 0.3) is 11.1 Å². The highest BCUT2D eigenvalue weighted by atomic mass is 32.2. The zero-order chi connectivity index (χ0) is 33.4. The number of amides is 1. The van der Waals surface area contributed by atoms with E-state index in [0.717, 1.165) is 65.0 Å². The molecule has 0 saturated heterocycles. The number of nitrogens with zero attached hydrogens (tertiary/aromatic N) is 1. The van der Waals surface area contributed by atoms with Gasteiger partial charge < -0.3 is 40.3 Å². The summed E-state index contributed by atoms with van der Waals surface area (Å²) in [5.74, 6) is 1.31. The number of aliphatic hydroxyl groups excluding tert-OH is 5. The number of carbonyl (C=O) groups is 1. The van der Waals surface area contributed by atoms with E-state index in [1.165, 1.54) is 5.56 Å². The van der Waals surface area contributed by atoms with Gasteiger partial charge in [-0.3, -0.25) is 9.78 Å². The summed E-state index contributed by atoms with van der Waals surface area (Å²) in [6, 6.07) is 16.7. The van der Waals surface area contributed by atoms with E-state index in [-0.39, 0.29) is 18.9 Å². The maximum atomic E-state index is 12.3. The molecule has 47 heavy (non-hydrogen) atoms. The Labute approximate surface area is 280 Å². The van der Waals surface area contributed by atoms with Crippen molar-refractivity contribution in [3.63, 3.8) is 0 Å². The predicted octanol–water partition coefficient (Wildman–Crippen LogP) is 3.48. The highest BCUT2D eigenvalue weighted by Gasteiger charge is 2.48. The summed E-state index contributed by atoms with van der Waals surface area (Å²) in [5, 5.41) is 50.5. The van der Waals surface area contributed by atoms with Gasteiger partial charge in [-0.25, -0.2) is 0 Å². The monoisotopic (exact) mass is 666 g/mol. The van der Waals surface area contributed by atoms with Crippen LogP contribution >= 0.6 is 11.8 Å². The molecule has 2 aliphatic rings. The lowest BCUT2D eigenvalue weighted by Gasteiger charge is -2.25. The normalized spacial score (nSPS) is 17.8. The van der Waals surface area contributed by atoms with E-state index >= 15 is 0 Å². The molecule has 3 aromatic rings. The Kier molecular flexibility index (Phi) is 12.3. The van der Waals surface area contributed by atoms with Crippen LogP contribution in [0.1, 0.15) is 62.1 Å². The summed E-state index contributed by atoms with van der Waals surface area (Å²) >= 11 is 1.66. The number of thioether (sulfide) groups is 1. The number of rotatable bonds is 19. The Hall–Kier alpha value is -3.03. The Morgan fingerprint density at radius 2 is 1.79 bits per heavy atom. The minimum atomic E-state index is -1.73. The van der Waals surface area contributed by atoms with Crippen LogP contribution in [-0.2, 0) is 28.2 Å². The van der Waals surface area contributed by atoms with Crippen LogP contribution in [0.5, 0.6) is 5.75 Å². The number of aliphatic hydroxyl groups is 5. The number of aromatic nitrogens is 1. The maximum absolute atomic E-state index is 12.3. The van der Waals surface area contributed by atoms with Gasteiger partial charge in [0, 0.05) is 41.4 Å². The second-order valence-corrected chi connectivity index (χ2v) is 13.5. The number of hydrogen-bond donors (Lipinski definition) is 6. The molecule has 2 aromatic carbocycles. The average molecular weight is 667 g/mol. The van der Waals surface area contributed by atoms with Crippen LogP contribution in [0.4, 0.5) is 0 Å². The number of para-hydroxylation sites is 1. The van der Waals surface area contributed by atoms with Crippen molar-refractivity contribution in [3.05, 3.63) is 77.6 Å². The second-order valence-electron chi connectivity index (χ2n) is 12.4. The molecule has 2 saturated carbocycles. The molecule has 1 amide bonds. The van der Waals surface area contributed by atoms with Crippen LogP contribution in [-0.4, -0.2) is 85.8 Å². The quantitative estimate of drug-likeness (QED) is 0.0826. The van der Waals surface area contributed by atoms with Crippen LogP contribution < -0.4 is 10.1 Å². The maximum Gasteiger partial charge on any atom is 0.220 e. The van der Waals surface area contributed by atoms with Crippen LogP contribution in [0.3, 0.4) is 0 Å². The highest BCUT2D eigenvalue weighted by Crippen LogP contribution is 2.53. The number of hydrogen-bond acceptors (Lipinski definition) is 10. The van der Waals surface area contributed by atoms with Gasteiger partial charge in [0.2, 0.25) is 5.91 Å². The highest BCUT2D eigenvalue weighted by molar-refractivity contribution is 7.99. The van der Waals surface area contributed by atoms with Crippen molar-refractivity contribution in [1.82, 2.24) is 10.3 Å². The van der Waals surface area contributed by atoms with Crippen LogP contribution in [0.2, 0.25) is 0 Å². The zero-order valence-corrected chi connectivity index (χ0v) is 27.6. The van der Waals surface area contributed by atoms with Crippen molar-refractivity contribution >= 4 is 17.7 Å². The van der Waals surface area contributed by atoms with Gasteiger partial charge in [-0.15, -0.1) is 11.8 Å². The molecule has 1 heterocycles. The number of pyridine rings is 1. The first-order valence-corrected chi connectivity index (χ1v) is 17.4. The lowest BCUT2D eigenvalue weighted by atomic mass is 9.96. The van der Waals surface area contributed by atoms with Crippen molar-refractivity contribution in [1.29, 1.82) is 0 Å². The number of aryl methyl sites for hydroxylation is 1. The number of carbonyl (C=O) groups excluding carboxylic acids is 1. The third-order valence-electron chi connectivity index (χ3n) is 8.72. The second kappa shape index (κ2) is 16.4. The summed E-state index contributed by atoms with van der Waals surface area (Å²) in [6.45, 7) is 1.57. The van der Waals surface area contributed by atoms with Gasteiger partial charge >= 0.3 is 0 Å². The first-order valence-electron chi connectivity index (χ1n) is 16.4. The molecule has 4 atom stereocenters. The molecule has 0 spiro atoms. The molecule has 2 aliphatic carbocycles. The molecule has 0 unspecified atom stereocenters. The average Bonchev–Trinajstić information content (AvgIpc) is 4.05. The van der Waals surface area contributed by atoms with E-state index in [1.807, 2.05) is 30.6 Å². The molecule has 10 nitrogen and oxygen atoms in total. The molecular formula is C36H46N2O8S. The van der Waals surface area contributed by atoms with Gasteiger partial charge in [0.15, 0.2) is 0 Å². The first-order chi connectivity index (χ1) is 22.7. The molecule has 5 rings (SSSR count). The van der Waals surface area contributed by atoms with Gasteiger partial charge in [-0.2, -0.15) is 0 Å². The van der Waals surface area contributed by atoms with Gasteiger partial charge in [0.25, 0.3) is 0 Å². The van der Waals surface area contributed by atoms with E-state index in [1.54, 1.807) is 11.8 Å². The SMILES string of the molecule is CCc1ccc(SCCCC(=O)NC[C@H](O)[C@@H](O)[C@H](O)[C@H](O)CO)cc1COC1(c2cnccc2-c2ccccc2OC2CC2)CC1. The lowest BCUT2D eigenvalue weighted by Crippen LogP contribution is -2.49. The molecule has 0 aliphatic heterocycles. The fourth-order valence-corrected chi connectivity index (χ4v) is 6.47. The van der Waals surface area contributed by atoms with Crippen molar-refractivity contribution in [3.8, 4) is 16.9 Å². The topological polar surface area (TPSA) is 162 Å². The molecular weight excluding hydrogens is 620 g/mol. The van der Waals surface area contributed by atoms with E-state index < -0.39 is 36.6 Å². The number of nitrogens with one attached hydrogen (secondary N) is 1. The number of ether oxygens (including phenoxy) is 2. The van der Waals surface area contributed by atoms with Crippen molar-refractivity contribution < 1.29 is 39.8 Å². The standard InChI is InChI=1S/C36H46N2O8S/c1-2-23-9-12-26(47-17-5-8-33(42)38-20-30(40)34(43)35(44)31(41)21-39)18-24(23)22-45-36(14-15-36)29-19-37-16-13-27(29)28-6-3-4-7-32(28)46-25-10-11-25/h3-4,6-7,9,12-13,16,18-19,25,30-31,34-35,39-41,43-44H,2,5,8,10-11,14-15,17,20-22H2,1H3,(H,38,42)/t30-,31+,34+,35+/m0/s1. The van der Waals surface area contributed by atoms with Crippen molar-refractivity contribution in [2.75, 3.05) is 18.9 Å². The molecule has 0 bridgehead atoms. The minimum absolute atomic E-state index is 0.228. The smallest absolute Gasteiger partial charge is 0.220 e. The zero-order valence-electron chi connectivity index (χ0n) is 26.8. The van der Waals surface area contributed by atoms with Crippen molar-refractivity contribution in [2.45, 2.75) is 99.5 Å². The summed E-state index contributed by atoms with van der Waals surface area (Å²) in [7, 11) is 0. The largest absolute Gasteiger partial charge is 0.490 e. The van der Waals surface area contributed by atoms with Crippen molar-refractivity contribution in [2.24, 2.45) is 0 Å². The fraction of sp³-hybridized carbons (Fsp3) is 0.500. The van der Waals surface area contributed by atoms with E-state index in [0.29, 0.717) is 24.9 Å². The Morgan fingerprint density at radius 3 is 2.51 bits per heavy atom. The van der Waals surface area contributed by atoms with Gasteiger partial charge in [-0.1, -0.05) is 31.2 Å². The molecule has 254 valence electrons. The summed E-state index contributed by atoms with van der Waals surface area (Å²) < 4.78 is 13.0. The van der Waals surface area contributed by atoms with E-state index in [4.69, 9.17) is 14.6 Å². The first kappa shape index (κ1) is 35.3. The van der Waals surface area contributed by atoms with Gasteiger partial charge in [-0.05, 0) is 85.2 Å². The van der Waals surface area contributed by atoms with Crippen LogP contribution in [0, 0.1) is 0 Å². The predicted molar refractivity (Wildman–Crippen MR) is 179 cm³/mol. The Balaban J connectivity index is 1.14. The van der Waals surface area contributed by atoms with Gasteiger partial charge in [0.05, 0.1) is 31.0 Å². The summed E-state index contributed by atoms with van der Waals surface area (Å²) in [6.07, 6.45) is 3.32. The third-order valence-corrected chi connectivity index (χ3v) is 9.80. The lowest BCUT2D eigenvalue weighted by molar-refractivity contribution is -0.126. The molecule has 6 N–H and O–H groups in total. The van der Waals surface area contributed by atoms with Gasteiger partial charge in [0.1, 0.15) is 24.1 Å². The Morgan fingerprint density at radius 1 is 1.02 bits per heavy atom. The van der Waals surface area contributed by atoms with E-state index in [9.17, 15) is 25.2 Å². The summed E-state index contributed by atoms with van der Waals surface area (Å²) in [4.78, 5) is 17.8. The molecule has 0 radical (unpaired) electrons. The molecule has 1 aromatic heterocycles. The molecule has 11 heteroatoms. The summed E-state index contributed by atoms with van der Waals surface area (Å²) in [5.41, 5.74) is 5.25. The number of benzene rings is 2. The molecule has 2 fully saturated rings.